The summed E-state index contributed by atoms with van der Waals surface area (Å²) in [6, 6.07) is 1.67. The lowest BCUT2D eigenvalue weighted by Crippen LogP contribution is -2.64. The van der Waals surface area contributed by atoms with E-state index in [9.17, 15) is 0 Å². The third-order valence-corrected chi connectivity index (χ3v) is 5.13. The van der Waals surface area contributed by atoms with E-state index in [1.165, 1.54) is 51.6 Å². The van der Waals surface area contributed by atoms with Gasteiger partial charge in [-0.15, -0.1) is 0 Å². The van der Waals surface area contributed by atoms with Gasteiger partial charge in [-0.2, -0.15) is 0 Å². The maximum absolute atomic E-state index is 3.87. The van der Waals surface area contributed by atoms with E-state index in [2.05, 4.69) is 24.1 Å². The Morgan fingerprint density at radius 2 is 1.81 bits per heavy atom. The second-order valence-corrected chi connectivity index (χ2v) is 6.52. The van der Waals surface area contributed by atoms with E-state index in [1.807, 2.05) is 0 Å². The van der Waals surface area contributed by atoms with E-state index in [4.69, 9.17) is 0 Å². The summed E-state index contributed by atoms with van der Waals surface area (Å²) in [5, 5.41) is 3.87. The molecule has 0 amide bonds. The zero-order valence-corrected chi connectivity index (χ0v) is 10.8. The third-order valence-electron chi connectivity index (χ3n) is 5.13. The molecule has 92 valence electrons. The molecule has 1 spiro atoms. The van der Waals surface area contributed by atoms with Crippen molar-refractivity contribution in [3.8, 4) is 0 Å². The number of nitrogens with one attached hydrogen (secondary N) is 1. The Balaban J connectivity index is 1.69. The first-order valence-electron chi connectivity index (χ1n) is 7.21. The smallest absolute Gasteiger partial charge is 0.0309 e. The zero-order chi connectivity index (χ0) is 11.2. The molecular weight excluding hydrogens is 196 g/mol. The van der Waals surface area contributed by atoms with Crippen LogP contribution in [0.5, 0.6) is 0 Å². The van der Waals surface area contributed by atoms with Gasteiger partial charge in [-0.3, -0.25) is 4.90 Å². The van der Waals surface area contributed by atoms with Gasteiger partial charge in [0.1, 0.15) is 0 Å². The number of piperazine rings is 1. The quantitative estimate of drug-likeness (QED) is 0.733. The normalized spacial score (nSPS) is 43.5. The molecule has 16 heavy (non-hydrogen) atoms. The molecule has 2 saturated carbocycles. The van der Waals surface area contributed by atoms with Crippen molar-refractivity contribution in [2.24, 2.45) is 5.92 Å². The average molecular weight is 222 g/mol. The van der Waals surface area contributed by atoms with Crippen LogP contribution in [0.15, 0.2) is 0 Å². The van der Waals surface area contributed by atoms with Gasteiger partial charge in [0.05, 0.1) is 0 Å². The van der Waals surface area contributed by atoms with Crippen LogP contribution in [0.3, 0.4) is 0 Å². The van der Waals surface area contributed by atoms with E-state index >= 15 is 0 Å². The van der Waals surface area contributed by atoms with Crippen LogP contribution in [0.1, 0.15) is 52.4 Å². The molecule has 1 aliphatic heterocycles. The van der Waals surface area contributed by atoms with Crippen LogP contribution in [0, 0.1) is 5.92 Å². The Labute approximate surface area is 99.8 Å². The number of hydrogen-bond donors (Lipinski definition) is 1. The average Bonchev–Trinajstić information content (AvgIpc) is 3.01. The summed E-state index contributed by atoms with van der Waals surface area (Å²) >= 11 is 0. The molecule has 1 heterocycles. The molecule has 2 nitrogen and oxygen atoms in total. The van der Waals surface area contributed by atoms with Gasteiger partial charge in [0.25, 0.3) is 0 Å². The Kier molecular flexibility index (Phi) is 2.75. The summed E-state index contributed by atoms with van der Waals surface area (Å²) in [5.74, 6) is 0.959. The maximum Gasteiger partial charge on any atom is 0.0309 e. The van der Waals surface area contributed by atoms with Crippen molar-refractivity contribution in [1.29, 1.82) is 0 Å². The Morgan fingerprint density at radius 3 is 2.44 bits per heavy atom. The summed E-state index contributed by atoms with van der Waals surface area (Å²) in [7, 11) is 0. The highest BCUT2D eigenvalue weighted by atomic mass is 15.3. The lowest BCUT2D eigenvalue weighted by atomic mass is 9.79. The van der Waals surface area contributed by atoms with Gasteiger partial charge < -0.3 is 5.32 Å². The summed E-state index contributed by atoms with van der Waals surface area (Å²) in [6.07, 6.45) is 8.61. The molecule has 3 unspecified atom stereocenters. The molecule has 1 N–H and O–H groups in total. The minimum atomic E-state index is 0.493. The van der Waals surface area contributed by atoms with Crippen molar-refractivity contribution in [1.82, 2.24) is 10.2 Å². The van der Waals surface area contributed by atoms with Crippen LogP contribution in [0.4, 0.5) is 0 Å². The van der Waals surface area contributed by atoms with Crippen molar-refractivity contribution in [2.75, 3.05) is 13.1 Å². The molecule has 2 heteroatoms. The predicted molar refractivity (Wildman–Crippen MR) is 67.6 cm³/mol. The highest BCUT2D eigenvalue weighted by Crippen LogP contribution is 2.40. The van der Waals surface area contributed by atoms with Gasteiger partial charge in [-0.1, -0.05) is 26.2 Å². The molecule has 0 aromatic rings. The van der Waals surface area contributed by atoms with Crippen LogP contribution in [-0.4, -0.2) is 35.6 Å². The summed E-state index contributed by atoms with van der Waals surface area (Å²) in [5.41, 5.74) is 0.493. The molecular formula is C14H26N2. The van der Waals surface area contributed by atoms with Gasteiger partial charge in [-0.05, 0) is 32.1 Å². The number of rotatable bonds is 1. The fourth-order valence-electron chi connectivity index (χ4n) is 3.81. The van der Waals surface area contributed by atoms with Crippen LogP contribution >= 0.6 is 0 Å². The van der Waals surface area contributed by atoms with Crippen molar-refractivity contribution in [2.45, 2.75) is 70.0 Å². The third kappa shape index (κ3) is 1.91. The fourth-order valence-corrected chi connectivity index (χ4v) is 3.81. The predicted octanol–water partition coefficient (Wildman–Crippen LogP) is 2.39. The van der Waals surface area contributed by atoms with E-state index in [-0.39, 0.29) is 0 Å². The largest absolute Gasteiger partial charge is 0.308 e. The van der Waals surface area contributed by atoms with Gasteiger partial charge in [-0.25, -0.2) is 0 Å². The van der Waals surface area contributed by atoms with Gasteiger partial charge in [0.2, 0.25) is 0 Å². The monoisotopic (exact) mass is 222 g/mol. The van der Waals surface area contributed by atoms with Gasteiger partial charge in [0, 0.05) is 30.7 Å². The second-order valence-electron chi connectivity index (χ2n) is 6.52. The first-order valence-corrected chi connectivity index (χ1v) is 7.21. The lowest BCUT2D eigenvalue weighted by molar-refractivity contribution is 0.0538. The molecule has 2 aliphatic carbocycles. The Hall–Kier alpha value is -0.0800. The fraction of sp³-hybridized carbons (Fsp3) is 1.00. The molecule has 0 bridgehead atoms. The SMILES string of the molecule is CC1CC1N1CC2(CCCCC2)NCC1C. The zero-order valence-electron chi connectivity index (χ0n) is 10.8. The van der Waals surface area contributed by atoms with Crippen LogP contribution in [0.25, 0.3) is 0 Å². The Bertz CT molecular complexity index is 255. The minimum Gasteiger partial charge on any atom is -0.308 e. The van der Waals surface area contributed by atoms with Gasteiger partial charge >= 0.3 is 0 Å². The molecule has 3 fully saturated rings. The van der Waals surface area contributed by atoms with E-state index in [1.54, 1.807) is 0 Å². The van der Waals surface area contributed by atoms with E-state index in [0.29, 0.717) is 5.54 Å². The van der Waals surface area contributed by atoms with Gasteiger partial charge in [0.15, 0.2) is 0 Å². The minimum absolute atomic E-state index is 0.493. The van der Waals surface area contributed by atoms with Crippen molar-refractivity contribution >= 4 is 0 Å². The lowest BCUT2D eigenvalue weighted by Gasteiger charge is -2.49. The molecule has 0 radical (unpaired) electrons. The molecule has 3 atom stereocenters. The topological polar surface area (TPSA) is 15.3 Å². The molecule has 0 aromatic carbocycles. The second kappa shape index (κ2) is 3.99. The van der Waals surface area contributed by atoms with E-state index in [0.717, 1.165) is 18.0 Å². The van der Waals surface area contributed by atoms with Crippen LogP contribution in [0.2, 0.25) is 0 Å². The standard InChI is InChI=1S/C14H26N2/c1-11-8-13(11)16-10-14(15-9-12(16)2)6-4-3-5-7-14/h11-13,15H,3-10H2,1-2H3. The first kappa shape index (κ1) is 11.0. The molecule has 1 saturated heterocycles. The van der Waals surface area contributed by atoms with Crippen LogP contribution in [-0.2, 0) is 0 Å². The summed E-state index contributed by atoms with van der Waals surface area (Å²) in [6.45, 7) is 7.34. The summed E-state index contributed by atoms with van der Waals surface area (Å²) in [4.78, 5) is 2.81. The maximum atomic E-state index is 3.87. The summed E-state index contributed by atoms with van der Waals surface area (Å²) < 4.78 is 0. The first-order chi connectivity index (χ1) is 7.70. The number of hydrogen-bond acceptors (Lipinski definition) is 2. The number of nitrogens with zero attached hydrogens (tertiary/aromatic N) is 1. The van der Waals surface area contributed by atoms with Crippen molar-refractivity contribution < 1.29 is 0 Å². The van der Waals surface area contributed by atoms with E-state index < -0.39 is 0 Å². The van der Waals surface area contributed by atoms with Crippen molar-refractivity contribution in [3.05, 3.63) is 0 Å². The Morgan fingerprint density at radius 1 is 1.12 bits per heavy atom. The van der Waals surface area contributed by atoms with Crippen LogP contribution < -0.4 is 5.32 Å². The molecule has 3 aliphatic rings. The molecule has 3 rings (SSSR count). The highest BCUT2D eigenvalue weighted by molar-refractivity contribution is 5.04. The molecule has 0 aromatic heterocycles. The highest BCUT2D eigenvalue weighted by Gasteiger charge is 2.46. The van der Waals surface area contributed by atoms with Crippen molar-refractivity contribution in [3.63, 3.8) is 0 Å².